The minimum Gasteiger partial charge on any atom is -0.330 e. The molecule has 2 amide bonds. The third-order valence-corrected chi connectivity index (χ3v) is 7.49. The Hall–Kier alpha value is -2.44. The summed E-state index contributed by atoms with van der Waals surface area (Å²) < 4.78 is 0.924. The molecular weight excluding hydrogens is 484 g/mol. The number of hydrogen-bond donors (Lipinski definition) is 0. The Morgan fingerprint density at radius 2 is 1.84 bits per heavy atom. The molecule has 0 N–H and O–H groups in total. The monoisotopic (exact) mass is 510 g/mol. The van der Waals surface area contributed by atoms with Gasteiger partial charge in [-0.3, -0.25) is 9.59 Å². The second-order valence-electron chi connectivity index (χ2n) is 8.13. The highest BCUT2D eigenvalue weighted by molar-refractivity contribution is 9.10. The first-order chi connectivity index (χ1) is 15.5. The maximum atomic E-state index is 13.6. The Balaban J connectivity index is 1.62. The van der Waals surface area contributed by atoms with Gasteiger partial charge in [0.15, 0.2) is 0 Å². The zero-order valence-electron chi connectivity index (χ0n) is 18.4. The largest absolute Gasteiger partial charge is 0.330 e. The Morgan fingerprint density at radius 3 is 2.56 bits per heavy atom. The average molecular weight is 511 g/mol. The summed E-state index contributed by atoms with van der Waals surface area (Å²) in [4.78, 5) is 31.8. The molecule has 0 spiro atoms. The van der Waals surface area contributed by atoms with Crippen LogP contribution in [-0.2, 0) is 11.2 Å². The number of hydrogen-bond acceptors (Lipinski definition) is 3. The highest BCUT2D eigenvalue weighted by atomic mass is 79.9. The number of fused-ring (bicyclic) bond motifs is 1. The third-order valence-electron chi connectivity index (χ3n) is 5.97. The standard InChI is InChI=1S/C26H27BrN2O2S/c1-3-14-28(26(31)19-8-10-20(27)11-9-19)17-24(30)29-15-12-23-22(13-16-32-23)25(29)21-7-5-4-6-18(21)2/h4-11,13,16,25H,3,12,14-15,17H2,1-2H3. The van der Waals surface area contributed by atoms with Gasteiger partial charge in [0.25, 0.3) is 5.91 Å². The van der Waals surface area contributed by atoms with E-state index in [-0.39, 0.29) is 24.4 Å². The first kappa shape index (κ1) is 22.7. The molecular formula is C26H27BrN2O2S. The SMILES string of the molecule is CCCN(CC(=O)N1CCc2sccc2C1c1ccccc1C)C(=O)c1ccc(Br)cc1. The molecule has 0 saturated carbocycles. The summed E-state index contributed by atoms with van der Waals surface area (Å²) in [6, 6.07) is 17.6. The van der Waals surface area contributed by atoms with Gasteiger partial charge in [0.05, 0.1) is 6.04 Å². The summed E-state index contributed by atoms with van der Waals surface area (Å²) in [5.41, 5.74) is 4.14. The van der Waals surface area contributed by atoms with Crippen molar-refractivity contribution < 1.29 is 9.59 Å². The van der Waals surface area contributed by atoms with Crippen LogP contribution in [0.5, 0.6) is 0 Å². The maximum absolute atomic E-state index is 13.6. The lowest BCUT2D eigenvalue weighted by Crippen LogP contribution is -2.47. The van der Waals surface area contributed by atoms with Gasteiger partial charge in [-0.15, -0.1) is 11.3 Å². The summed E-state index contributed by atoms with van der Waals surface area (Å²) >= 11 is 5.18. The molecule has 1 aromatic heterocycles. The van der Waals surface area contributed by atoms with Crippen LogP contribution in [0.25, 0.3) is 0 Å². The number of thiophene rings is 1. The topological polar surface area (TPSA) is 40.6 Å². The summed E-state index contributed by atoms with van der Waals surface area (Å²) in [6.45, 7) is 5.43. The first-order valence-electron chi connectivity index (χ1n) is 11.0. The highest BCUT2D eigenvalue weighted by Crippen LogP contribution is 2.39. The summed E-state index contributed by atoms with van der Waals surface area (Å²) in [5.74, 6) is -0.109. The van der Waals surface area contributed by atoms with Crippen molar-refractivity contribution in [1.29, 1.82) is 0 Å². The fourth-order valence-electron chi connectivity index (χ4n) is 4.37. The Kier molecular flexibility index (Phi) is 7.11. The Morgan fingerprint density at radius 1 is 1.09 bits per heavy atom. The molecule has 0 fully saturated rings. The number of carbonyl (C=O) groups excluding carboxylic acids is 2. The molecule has 1 aliphatic rings. The number of aryl methyl sites for hydroxylation is 1. The molecule has 6 heteroatoms. The fraction of sp³-hybridized carbons (Fsp3) is 0.308. The van der Waals surface area contributed by atoms with Crippen LogP contribution < -0.4 is 0 Å². The number of amides is 2. The molecule has 4 nitrogen and oxygen atoms in total. The Labute approximate surface area is 202 Å². The van der Waals surface area contributed by atoms with Crippen LogP contribution >= 0.6 is 27.3 Å². The van der Waals surface area contributed by atoms with Crippen molar-refractivity contribution in [2.75, 3.05) is 19.6 Å². The molecule has 0 bridgehead atoms. The molecule has 3 aromatic rings. The van der Waals surface area contributed by atoms with Crippen LogP contribution in [0.3, 0.4) is 0 Å². The molecule has 1 aliphatic heterocycles. The van der Waals surface area contributed by atoms with E-state index in [1.54, 1.807) is 28.4 Å². The third kappa shape index (κ3) is 4.66. The van der Waals surface area contributed by atoms with Crippen molar-refractivity contribution in [3.63, 3.8) is 0 Å². The maximum Gasteiger partial charge on any atom is 0.254 e. The molecule has 1 unspecified atom stereocenters. The second kappa shape index (κ2) is 10.0. The van der Waals surface area contributed by atoms with Gasteiger partial charge in [-0.2, -0.15) is 0 Å². The average Bonchev–Trinajstić information content (AvgIpc) is 3.27. The fourth-order valence-corrected chi connectivity index (χ4v) is 5.53. The van der Waals surface area contributed by atoms with Gasteiger partial charge < -0.3 is 9.80 Å². The van der Waals surface area contributed by atoms with Crippen LogP contribution in [-0.4, -0.2) is 41.2 Å². The van der Waals surface area contributed by atoms with Gasteiger partial charge in [0.2, 0.25) is 5.91 Å². The van der Waals surface area contributed by atoms with E-state index in [1.165, 1.54) is 16.0 Å². The van der Waals surface area contributed by atoms with Crippen molar-refractivity contribution in [2.45, 2.75) is 32.7 Å². The predicted octanol–water partition coefficient (Wildman–Crippen LogP) is 5.85. The molecule has 2 heterocycles. The molecule has 2 aromatic carbocycles. The van der Waals surface area contributed by atoms with Crippen LogP contribution in [0, 0.1) is 6.92 Å². The van der Waals surface area contributed by atoms with Gasteiger partial charge in [-0.1, -0.05) is 47.1 Å². The van der Waals surface area contributed by atoms with Crippen LogP contribution in [0.2, 0.25) is 0 Å². The summed E-state index contributed by atoms with van der Waals surface area (Å²) in [7, 11) is 0. The van der Waals surface area contributed by atoms with E-state index < -0.39 is 0 Å². The first-order valence-corrected chi connectivity index (χ1v) is 12.6. The van der Waals surface area contributed by atoms with Crippen molar-refractivity contribution in [2.24, 2.45) is 0 Å². The van der Waals surface area contributed by atoms with Crippen molar-refractivity contribution >= 4 is 39.1 Å². The second-order valence-corrected chi connectivity index (χ2v) is 10.0. The normalized spacial score (nSPS) is 15.3. The summed E-state index contributed by atoms with van der Waals surface area (Å²) in [5, 5.41) is 2.12. The zero-order chi connectivity index (χ0) is 22.7. The molecule has 0 aliphatic carbocycles. The van der Waals surface area contributed by atoms with Gasteiger partial charge in [0, 0.05) is 28.0 Å². The molecule has 32 heavy (non-hydrogen) atoms. The zero-order valence-corrected chi connectivity index (χ0v) is 20.8. The lowest BCUT2D eigenvalue weighted by atomic mass is 9.90. The predicted molar refractivity (Wildman–Crippen MR) is 133 cm³/mol. The van der Waals surface area contributed by atoms with E-state index in [2.05, 4.69) is 46.4 Å². The van der Waals surface area contributed by atoms with E-state index in [9.17, 15) is 9.59 Å². The molecule has 166 valence electrons. The van der Waals surface area contributed by atoms with Crippen molar-refractivity contribution in [3.05, 3.63) is 91.6 Å². The van der Waals surface area contributed by atoms with E-state index in [0.717, 1.165) is 22.9 Å². The minimum absolute atomic E-state index is 0.00554. The lowest BCUT2D eigenvalue weighted by molar-refractivity contribution is -0.134. The minimum atomic E-state index is -0.107. The smallest absolute Gasteiger partial charge is 0.254 e. The van der Waals surface area contributed by atoms with Gasteiger partial charge in [-0.05, 0) is 72.2 Å². The molecule has 0 radical (unpaired) electrons. The highest BCUT2D eigenvalue weighted by Gasteiger charge is 2.34. The molecule has 1 atom stereocenters. The van der Waals surface area contributed by atoms with Crippen LogP contribution in [0.15, 0.2) is 64.5 Å². The van der Waals surface area contributed by atoms with Crippen molar-refractivity contribution in [1.82, 2.24) is 9.80 Å². The van der Waals surface area contributed by atoms with E-state index in [0.29, 0.717) is 18.7 Å². The van der Waals surface area contributed by atoms with Gasteiger partial charge in [-0.25, -0.2) is 0 Å². The van der Waals surface area contributed by atoms with Crippen LogP contribution in [0.1, 0.15) is 51.3 Å². The van der Waals surface area contributed by atoms with E-state index >= 15 is 0 Å². The molecule has 0 saturated heterocycles. The van der Waals surface area contributed by atoms with Gasteiger partial charge in [0.1, 0.15) is 6.54 Å². The quantitative estimate of drug-likeness (QED) is 0.417. The van der Waals surface area contributed by atoms with E-state index in [1.807, 2.05) is 36.1 Å². The number of carbonyl (C=O) groups is 2. The number of rotatable bonds is 6. The molecule has 4 rings (SSSR count). The van der Waals surface area contributed by atoms with E-state index in [4.69, 9.17) is 0 Å². The van der Waals surface area contributed by atoms with Crippen LogP contribution in [0.4, 0.5) is 0 Å². The lowest BCUT2D eigenvalue weighted by Gasteiger charge is -2.38. The number of halogens is 1. The van der Waals surface area contributed by atoms with Gasteiger partial charge >= 0.3 is 0 Å². The summed E-state index contributed by atoms with van der Waals surface area (Å²) in [6.07, 6.45) is 1.65. The van der Waals surface area contributed by atoms with Crippen molar-refractivity contribution in [3.8, 4) is 0 Å². The number of nitrogens with zero attached hydrogens (tertiary/aromatic N) is 2. The Bertz CT molecular complexity index is 1110. The number of benzene rings is 2.